The molecule has 9 aromatic carbocycles. The first-order chi connectivity index (χ1) is 23.1. The Kier molecular flexibility index (Phi) is 6.23. The van der Waals surface area contributed by atoms with Gasteiger partial charge in [-0.05, 0) is 109 Å². The van der Waals surface area contributed by atoms with Crippen LogP contribution in [-0.4, -0.2) is 5.71 Å². The van der Waals surface area contributed by atoms with Crippen molar-refractivity contribution in [2.45, 2.75) is 20.8 Å². The molecule has 0 fully saturated rings. The van der Waals surface area contributed by atoms with Crippen molar-refractivity contribution >= 4 is 65.3 Å². The third-order valence-electron chi connectivity index (χ3n) is 10.1. The highest BCUT2D eigenvalue weighted by molar-refractivity contribution is 6.25. The van der Waals surface area contributed by atoms with Crippen LogP contribution in [0.25, 0.3) is 76.1 Å². The van der Waals surface area contributed by atoms with Gasteiger partial charge in [-0.15, -0.1) is 0 Å². The van der Waals surface area contributed by atoms with Crippen LogP contribution in [0, 0.1) is 13.8 Å². The number of nitrogens with zero attached hydrogens (tertiary/aromatic N) is 1. The second-order valence-corrected chi connectivity index (χ2v) is 12.8. The van der Waals surface area contributed by atoms with Crippen LogP contribution in [0.15, 0.2) is 151 Å². The van der Waals surface area contributed by atoms with Crippen LogP contribution in [0.1, 0.15) is 23.6 Å². The number of fused-ring (bicyclic) bond motifs is 3. The molecule has 47 heavy (non-hydrogen) atoms. The van der Waals surface area contributed by atoms with Gasteiger partial charge >= 0.3 is 0 Å². The minimum Gasteiger partial charge on any atom is -0.252 e. The van der Waals surface area contributed by atoms with Crippen molar-refractivity contribution in [3.8, 4) is 22.3 Å². The summed E-state index contributed by atoms with van der Waals surface area (Å²) < 4.78 is 0. The van der Waals surface area contributed by atoms with Crippen molar-refractivity contribution in [2.75, 3.05) is 0 Å². The zero-order valence-electron chi connectivity index (χ0n) is 26.8. The zero-order chi connectivity index (χ0) is 31.6. The van der Waals surface area contributed by atoms with Crippen LogP contribution in [0.4, 0.5) is 5.69 Å². The van der Waals surface area contributed by atoms with E-state index in [1.807, 2.05) is 0 Å². The molecule has 0 aliphatic heterocycles. The van der Waals surface area contributed by atoms with Gasteiger partial charge in [-0.3, -0.25) is 4.99 Å². The molecule has 0 aliphatic rings. The van der Waals surface area contributed by atoms with Gasteiger partial charge < -0.3 is 0 Å². The maximum Gasteiger partial charge on any atom is 0.0746 e. The predicted molar refractivity (Wildman–Crippen MR) is 204 cm³/mol. The van der Waals surface area contributed by atoms with Crippen LogP contribution in [0.3, 0.4) is 0 Å². The Morgan fingerprint density at radius 3 is 1.83 bits per heavy atom. The quantitative estimate of drug-likeness (QED) is 0.141. The van der Waals surface area contributed by atoms with E-state index in [-0.39, 0.29) is 0 Å². The van der Waals surface area contributed by atoms with E-state index >= 15 is 0 Å². The Morgan fingerprint density at radius 1 is 0.447 bits per heavy atom. The number of hydrogen-bond acceptors (Lipinski definition) is 1. The van der Waals surface area contributed by atoms with Crippen molar-refractivity contribution in [1.29, 1.82) is 0 Å². The molecule has 1 heteroatoms. The Hall–Kier alpha value is -5.79. The highest BCUT2D eigenvalue weighted by Crippen LogP contribution is 2.42. The smallest absolute Gasteiger partial charge is 0.0746 e. The predicted octanol–water partition coefficient (Wildman–Crippen LogP) is 13.0. The minimum absolute atomic E-state index is 1.01. The van der Waals surface area contributed by atoms with E-state index in [1.54, 1.807) is 0 Å². The number of aliphatic imine (C=N–C) groups is 1. The van der Waals surface area contributed by atoms with Crippen LogP contribution in [-0.2, 0) is 0 Å². The molecule has 0 amide bonds. The van der Waals surface area contributed by atoms with Crippen molar-refractivity contribution in [1.82, 2.24) is 0 Å². The lowest BCUT2D eigenvalue weighted by Crippen LogP contribution is -2.00. The Labute approximate surface area is 274 Å². The monoisotopic (exact) mass is 599 g/mol. The third-order valence-corrected chi connectivity index (χ3v) is 10.1. The van der Waals surface area contributed by atoms with Gasteiger partial charge in [-0.1, -0.05) is 140 Å². The summed E-state index contributed by atoms with van der Waals surface area (Å²) in [7, 11) is 0. The van der Waals surface area contributed by atoms with Gasteiger partial charge in [0.1, 0.15) is 0 Å². The van der Waals surface area contributed by atoms with Gasteiger partial charge in [0, 0.05) is 16.7 Å². The Morgan fingerprint density at radius 2 is 1.06 bits per heavy atom. The lowest BCUT2D eigenvalue weighted by molar-refractivity contribution is 1.42. The maximum absolute atomic E-state index is 5.45. The highest BCUT2D eigenvalue weighted by Gasteiger charge is 2.17. The van der Waals surface area contributed by atoms with E-state index in [0.29, 0.717) is 0 Å². The van der Waals surface area contributed by atoms with Crippen molar-refractivity contribution in [2.24, 2.45) is 4.99 Å². The average molecular weight is 600 g/mol. The van der Waals surface area contributed by atoms with E-state index in [4.69, 9.17) is 4.99 Å². The minimum atomic E-state index is 1.01. The van der Waals surface area contributed by atoms with E-state index in [0.717, 1.165) is 17.0 Å². The summed E-state index contributed by atoms with van der Waals surface area (Å²) in [6, 6.07) is 53.3. The summed E-state index contributed by atoms with van der Waals surface area (Å²) in [5, 5.41) is 12.8. The van der Waals surface area contributed by atoms with Gasteiger partial charge in [0.25, 0.3) is 0 Å². The molecule has 0 aromatic heterocycles. The SMILES string of the molecule is CC(=Nc1c(C)c2ccccc2c2ccccc12)c1ccc(-c2ccc3ccc4cccc5ccc2c3c45)cc1-c1ccccc1C. The lowest BCUT2D eigenvalue weighted by Gasteiger charge is -2.18. The Balaban J connectivity index is 1.28. The highest BCUT2D eigenvalue weighted by atomic mass is 14.8. The molecule has 0 radical (unpaired) electrons. The van der Waals surface area contributed by atoms with Gasteiger partial charge in [0.05, 0.1) is 5.69 Å². The molecule has 1 nitrogen and oxygen atoms in total. The third kappa shape index (κ3) is 4.27. The van der Waals surface area contributed by atoms with Crippen molar-refractivity contribution < 1.29 is 0 Å². The number of aryl methyl sites for hydroxylation is 2. The summed E-state index contributed by atoms with van der Waals surface area (Å²) in [5.41, 5.74) is 10.6. The van der Waals surface area contributed by atoms with Crippen molar-refractivity contribution in [3.05, 3.63) is 162 Å². The van der Waals surface area contributed by atoms with E-state index in [9.17, 15) is 0 Å². The molecule has 0 aliphatic carbocycles. The second-order valence-electron chi connectivity index (χ2n) is 12.8. The molecule has 0 saturated heterocycles. The summed E-state index contributed by atoms with van der Waals surface area (Å²) in [6.07, 6.45) is 0. The lowest BCUT2D eigenvalue weighted by atomic mass is 9.87. The fraction of sp³-hybridized carbons (Fsp3) is 0.0652. The van der Waals surface area contributed by atoms with Crippen LogP contribution in [0.2, 0.25) is 0 Å². The first-order valence-corrected chi connectivity index (χ1v) is 16.4. The topological polar surface area (TPSA) is 12.4 Å². The first kappa shape index (κ1) is 27.5. The molecule has 0 heterocycles. The second kappa shape index (κ2) is 10.6. The molecule has 0 atom stereocenters. The van der Waals surface area contributed by atoms with Crippen LogP contribution >= 0.6 is 0 Å². The number of rotatable bonds is 4. The molecule has 9 rings (SSSR count). The van der Waals surface area contributed by atoms with E-state index in [1.165, 1.54) is 87.2 Å². The molecule has 0 bridgehead atoms. The van der Waals surface area contributed by atoms with Gasteiger partial charge in [0.2, 0.25) is 0 Å². The molecule has 9 aromatic rings. The van der Waals surface area contributed by atoms with Gasteiger partial charge in [-0.2, -0.15) is 0 Å². The van der Waals surface area contributed by atoms with E-state index in [2.05, 4.69) is 166 Å². The maximum atomic E-state index is 5.45. The summed E-state index contributed by atoms with van der Waals surface area (Å²) in [6.45, 7) is 6.58. The molecule has 222 valence electrons. The normalized spacial score (nSPS) is 12.3. The summed E-state index contributed by atoms with van der Waals surface area (Å²) >= 11 is 0. The number of hydrogen-bond donors (Lipinski definition) is 0. The molecule has 0 N–H and O–H groups in total. The molecule has 0 unspecified atom stereocenters. The van der Waals surface area contributed by atoms with E-state index < -0.39 is 0 Å². The molecule has 0 saturated carbocycles. The molecule has 0 spiro atoms. The summed E-state index contributed by atoms with van der Waals surface area (Å²) in [5.74, 6) is 0. The standard InChI is InChI=1S/C46H33N/c1-28-11-4-5-14-35(28)43-27-34(38-25-21-33-20-19-31-12-10-13-32-22-26-41(38)45(33)44(31)32)23-24-37(43)30(3)47-46-29(2)36-15-6-7-16-39(36)40-17-8-9-18-42(40)46/h4-27H,1-3H3. The zero-order valence-corrected chi connectivity index (χ0v) is 26.8. The Bertz CT molecular complexity index is 2690. The first-order valence-electron chi connectivity index (χ1n) is 16.4. The fourth-order valence-corrected chi connectivity index (χ4v) is 7.78. The van der Waals surface area contributed by atoms with Gasteiger partial charge in [-0.25, -0.2) is 0 Å². The van der Waals surface area contributed by atoms with Crippen LogP contribution in [0.5, 0.6) is 0 Å². The van der Waals surface area contributed by atoms with Gasteiger partial charge in [0.15, 0.2) is 0 Å². The summed E-state index contributed by atoms with van der Waals surface area (Å²) in [4.78, 5) is 5.45. The van der Waals surface area contributed by atoms with Crippen molar-refractivity contribution in [3.63, 3.8) is 0 Å². The fourth-order valence-electron chi connectivity index (χ4n) is 7.78. The average Bonchev–Trinajstić information content (AvgIpc) is 3.12. The number of benzene rings is 9. The molecular formula is C46H33N. The van der Waals surface area contributed by atoms with Crippen LogP contribution < -0.4 is 0 Å². The molecular weight excluding hydrogens is 567 g/mol. The largest absolute Gasteiger partial charge is 0.252 e.